The second-order valence-electron chi connectivity index (χ2n) is 7.30. The van der Waals surface area contributed by atoms with Gasteiger partial charge in [-0.05, 0) is 48.2 Å². The Morgan fingerprint density at radius 2 is 1.72 bits per heavy atom. The number of hydrogen-bond acceptors (Lipinski definition) is 2. The van der Waals surface area contributed by atoms with Crippen LogP contribution in [-0.4, -0.2) is 38.5 Å². The number of nitrogens with one attached hydrogen (secondary N) is 3. The molecule has 3 rings (SSSR count). The van der Waals surface area contributed by atoms with E-state index in [4.69, 9.17) is 0 Å². The zero-order valence-electron chi connectivity index (χ0n) is 16.5. The summed E-state index contributed by atoms with van der Waals surface area (Å²) >= 11 is 0. The molecule has 0 unspecified atom stereocenters. The Morgan fingerprint density at radius 3 is 2.38 bits per heavy atom. The van der Waals surface area contributed by atoms with Crippen LogP contribution in [0.5, 0.6) is 0 Å². The smallest absolute Gasteiger partial charge is 0.224 e. The molecule has 1 amide bonds. The lowest BCUT2D eigenvalue weighted by atomic mass is 9.96. The van der Waals surface area contributed by atoms with Gasteiger partial charge >= 0.3 is 0 Å². The van der Waals surface area contributed by atoms with E-state index in [1.807, 2.05) is 6.07 Å². The minimum atomic E-state index is -0.317. The Kier molecular flexibility index (Phi) is 6.80. The van der Waals surface area contributed by atoms with Crippen LogP contribution in [0.1, 0.15) is 24.0 Å². The van der Waals surface area contributed by atoms with Gasteiger partial charge in [0, 0.05) is 32.1 Å². The van der Waals surface area contributed by atoms with Gasteiger partial charge < -0.3 is 16.0 Å². The molecule has 3 N–H and O–H groups in total. The molecule has 0 bridgehead atoms. The number of nitrogens with zero attached hydrogens (tertiary/aromatic N) is 1. The minimum absolute atomic E-state index is 0.0386. The van der Waals surface area contributed by atoms with Gasteiger partial charge in [-0.25, -0.2) is 8.78 Å². The first-order chi connectivity index (χ1) is 14.0. The van der Waals surface area contributed by atoms with Crippen molar-refractivity contribution in [1.29, 1.82) is 0 Å². The van der Waals surface area contributed by atoms with Crippen molar-refractivity contribution in [2.24, 2.45) is 4.99 Å². The van der Waals surface area contributed by atoms with Crippen LogP contribution in [0, 0.1) is 11.6 Å². The molecule has 0 radical (unpaired) electrons. The highest BCUT2D eigenvalue weighted by Gasteiger charge is 2.44. The third-order valence-electron chi connectivity index (χ3n) is 5.13. The Bertz CT molecular complexity index is 863. The quantitative estimate of drug-likeness (QED) is 0.362. The molecule has 0 spiro atoms. The molecule has 1 aliphatic rings. The second kappa shape index (κ2) is 9.49. The van der Waals surface area contributed by atoms with Crippen LogP contribution >= 0.6 is 0 Å². The number of rotatable bonds is 8. The number of amides is 1. The molecule has 2 aromatic carbocycles. The molecule has 0 saturated heterocycles. The lowest BCUT2D eigenvalue weighted by Gasteiger charge is -2.19. The van der Waals surface area contributed by atoms with Crippen molar-refractivity contribution in [2.75, 3.05) is 26.7 Å². The average molecular weight is 400 g/mol. The van der Waals surface area contributed by atoms with E-state index in [-0.39, 0.29) is 29.4 Å². The lowest BCUT2D eigenvalue weighted by Crippen LogP contribution is -2.44. The van der Waals surface area contributed by atoms with Crippen molar-refractivity contribution in [1.82, 2.24) is 16.0 Å². The van der Waals surface area contributed by atoms with Crippen LogP contribution in [-0.2, 0) is 16.6 Å². The largest absolute Gasteiger partial charge is 0.356 e. The summed E-state index contributed by atoms with van der Waals surface area (Å²) in [5, 5.41) is 9.27. The third kappa shape index (κ3) is 6.01. The molecular formula is C22H26F2N4O. The molecule has 0 aliphatic heterocycles. The standard InChI is InChI=1S/C22H26F2N4O/c1-25-21(28-15-22(9-10-22)17-3-2-4-19(24)14-17)27-12-11-26-20(29)13-16-5-7-18(23)8-6-16/h2-8,14H,9-13,15H2,1H3,(H,26,29)(H2,25,27,28). The molecular weight excluding hydrogens is 374 g/mol. The zero-order valence-corrected chi connectivity index (χ0v) is 16.5. The van der Waals surface area contributed by atoms with Crippen LogP contribution in [0.15, 0.2) is 53.5 Å². The molecule has 154 valence electrons. The first-order valence-corrected chi connectivity index (χ1v) is 9.72. The van der Waals surface area contributed by atoms with Crippen LogP contribution in [0.3, 0.4) is 0 Å². The number of carbonyl (C=O) groups is 1. The van der Waals surface area contributed by atoms with Crippen molar-refractivity contribution in [3.8, 4) is 0 Å². The van der Waals surface area contributed by atoms with E-state index in [0.717, 1.165) is 24.0 Å². The fraction of sp³-hybridized carbons (Fsp3) is 0.364. The van der Waals surface area contributed by atoms with Gasteiger partial charge in [0.2, 0.25) is 5.91 Å². The maximum atomic E-state index is 13.5. The van der Waals surface area contributed by atoms with Gasteiger partial charge in [-0.2, -0.15) is 0 Å². The Hall–Kier alpha value is -2.96. The van der Waals surface area contributed by atoms with Gasteiger partial charge in [-0.15, -0.1) is 0 Å². The summed E-state index contributed by atoms with van der Waals surface area (Å²) in [7, 11) is 1.68. The highest BCUT2D eigenvalue weighted by Crippen LogP contribution is 2.47. The van der Waals surface area contributed by atoms with Gasteiger partial charge in [-0.1, -0.05) is 24.3 Å². The maximum Gasteiger partial charge on any atom is 0.224 e. The summed E-state index contributed by atoms with van der Waals surface area (Å²) in [6, 6.07) is 12.7. The van der Waals surface area contributed by atoms with E-state index in [0.29, 0.717) is 25.6 Å². The normalized spacial score (nSPS) is 14.9. The second-order valence-corrected chi connectivity index (χ2v) is 7.30. The predicted molar refractivity (Wildman–Crippen MR) is 110 cm³/mol. The molecule has 1 saturated carbocycles. The summed E-state index contributed by atoms with van der Waals surface area (Å²) in [6.45, 7) is 1.63. The Balaban J connectivity index is 1.37. The highest BCUT2D eigenvalue weighted by atomic mass is 19.1. The van der Waals surface area contributed by atoms with Gasteiger partial charge in [0.25, 0.3) is 0 Å². The van der Waals surface area contributed by atoms with Crippen molar-refractivity contribution in [2.45, 2.75) is 24.7 Å². The maximum absolute atomic E-state index is 13.5. The van der Waals surface area contributed by atoms with Gasteiger partial charge in [0.1, 0.15) is 11.6 Å². The van der Waals surface area contributed by atoms with Crippen molar-refractivity contribution in [3.05, 3.63) is 71.3 Å². The van der Waals surface area contributed by atoms with Gasteiger partial charge in [-0.3, -0.25) is 9.79 Å². The van der Waals surface area contributed by atoms with Crippen LogP contribution < -0.4 is 16.0 Å². The van der Waals surface area contributed by atoms with Crippen LogP contribution in [0.4, 0.5) is 8.78 Å². The molecule has 5 nitrogen and oxygen atoms in total. The van der Waals surface area contributed by atoms with Crippen LogP contribution in [0.25, 0.3) is 0 Å². The van der Waals surface area contributed by atoms with Crippen molar-refractivity contribution < 1.29 is 13.6 Å². The van der Waals surface area contributed by atoms with Crippen molar-refractivity contribution in [3.63, 3.8) is 0 Å². The zero-order chi connectivity index (χ0) is 20.7. The van der Waals surface area contributed by atoms with E-state index in [2.05, 4.69) is 20.9 Å². The number of benzene rings is 2. The molecule has 1 fully saturated rings. The van der Waals surface area contributed by atoms with E-state index in [1.165, 1.54) is 18.2 Å². The fourth-order valence-electron chi connectivity index (χ4n) is 3.24. The number of aliphatic imine (C=N–C) groups is 1. The average Bonchev–Trinajstić information content (AvgIpc) is 3.50. The van der Waals surface area contributed by atoms with Crippen molar-refractivity contribution >= 4 is 11.9 Å². The van der Waals surface area contributed by atoms with E-state index in [1.54, 1.807) is 31.3 Å². The monoisotopic (exact) mass is 400 g/mol. The fourth-order valence-corrected chi connectivity index (χ4v) is 3.24. The minimum Gasteiger partial charge on any atom is -0.356 e. The highest BCUT2D eigenvalue weighted by molar-refractivity contribution is 5.80. The lowest BCUT2D eigenvalue weighted by molar-refractivity contribution is -0.120. The van der Waals surface area contributed by atoms with E-state index >= 15 is 0 Å². The van der Waals surface area contributed by atoms with E-state index in [9.17, 15) is 13.6 Å². The first-order valence-electron chi connectivity index (χ1n) is 9.72. The molecule has 0 heterocycles. The van der Waals surface area contributed by atoms with Crippen LogP contribution in [0.2, 0.25) is 0 Å². The Morgan fingerprint density at radius 1 is 1.00 bits per heavy atom. The number of guanidine groups is 1. The topological polar surface area (TPSA) is 65.5 Å². The molecule has 0 atom stereocenters. The molecule has 29 heavy (non-hydrogen) atoms. The molecule has 2 aromatic rings. The molecule has 0 aromatic heterocycles. The van der Waals surface area contributed by atoms with E-state index < -0.39 is 0 Å². The Labute approximate surface area is 169 Å². The molecule has 1 aliphatic carbocycles. The summed E-state index contributed by atoms with van der Waals surface area (Å²) in [6.07, 6.45) is 2.24. The summed E-state index contributed by atoms with van der Waals surface area (Å²) < 4.78 is 26.4. The molecule has 7 heteroatoms. The van der Waals surface area contributed by atoms with Gasteiger partial charge in [0.15, 0.2) is 5.96 Å². The summed E-state index contributed by atoms with van der Waals surface area (Å²) in [5.74, 6) is -0.0138. The SMILES string of the molecule is CN=C(NCCNC(=O)Cc1ccc(F)cc1)NCC1(c2cccc(F)c2)CC1. The number of hydrogen-bond donors (Lipinski definition) is 3. The first kappa shape index (κ1) is 20.8. The van der Waals surface area contributed by atoms with Gasteiger partial charge in [0.05, 0.1) is 6.42 Å². The summed E-state index contributed by atoms with van der Waals surface area (Å²) in [5.41, 5.74) is 1.73. The number of carbonyl (C=O) groups excluding carboxylic acids is 1. The number of halogens is 2. The summed E-state index contributed by atoms with van der Waals surface area (Å²) in [4.78, 5) is 16.1. The third-order valence-corrected chi connectivity index (χ3v) is 5.13. The predicted octanol–water partition coefficient (Wildman–Crippen LogP) is 2.52.